The lowest BCUT2D eigenvalue weighted by atomic mass is 9.88. The van der Waals surface area contributed by atoms with E-state index >= 15 is 4.39 Å². The molecule has 0 radical (unpaired) electrons. The van der Waals surface area contributed by atoms with Crippen LogP contribution in [0.15, 0.2) is 35.3 Å². The second kappa shape index (κ2) is 10.6. The van der Waals surface area contributed by atoms with Gasteiger partial charge in [-0.15, -0.1) is 0 Å². The second-order valence-corrected chi connectivity index (χ2v) is 10.8. The van der Waals surface area contributed by atoms with Crippen molar-refractivity contribution in [3.63, 3.8) is 0 Å². The fourth-order valence-corrected chi connectivity index (χ4v) is 5.62. The van der Waals surface area contributed by atoms with E-state index in [9.17, 15) is 32.7 Å². The summed E-state index contributed by atoms with van der Waals surface area (Å²) in [7, 11) is 0. The number of aromatic nitrogens is 1. The van der Waals surface area contributed by atoms with E-state index in [1.54, 1.807) is 0 Å². The molecule has 2 saturated heterocycles. The van der Waals surface area contributed by atoms with Crippen LogP contribution in [0.2, 0.25) is 10.0 Å². The minimum Gasteiger partial charge on any atom is -0.504 e. The van der Waals surface area contributed by atoms with Crippen molar-refractivity contribution in [3.05, 3.63) is 67.7 Å². The summed E-state index contributed by atoms with van der Waals surface area (Å²) in [6, 6.07) is 5.19. The first kappa shape index (κ1) is 28.8. The Morgan fingerprint density at radius 1 is 1.17 bits per heavy atom. The zero-order valence-electron chi connectivity index (χ0n) is 21.1. The highest BCUT2D eigenvalue weighted by atomic mass is 35.5. The first-order valence-electron chi connectivity index (χ1n) is 12.3. The van der Waals surface area contributed by atoms with Crippen molar-refractivity contribution in [2.75, 3.05) is 24.6 Å². The number of cyclic esters (lactones) is 1. The first-order valence-corrected chi connectivity index (χ1v) is 13.1. The third kappa shape index (κ3) is 5.73. The van der Waals surface area contributed by atoms with Gasteiger partial charge in [-0.05, 0) is 36.6 Å². The van der Waals surface area contributed by atoms with Gasteiger partial charge in [-0.3, -0.25) is 9.59 Å². The highest BCUT2D eigenvalue weighted by molar-refractivity contribution is 6.35. The summed E-state index contributed by atoms with van der Waals surface area (Å²) in [5.41, 5.74) is -2.94. The zero-order chi connectivity index (χ0) is 29.7. The van der Waals surface area contributed by atoms with Crippen molar-refractivity contribution in [1.29, 1.82) is 0 Å². The molecule has 2 aliphatic rings. The molecule has 1 aromatic heterocycles. The van der Waals surface area contributed by atoms with Crippen LogP contribution in [0.5, 0.6) is 5.75 Å². The van der Waals surface area contributed by atoms with E-state index < -0.39 is 63.7 Å². The largest absolute Gasteiger partial charge is 0.504 e. The van der Waals surface area contributed by atoms with Crippen LogP contribution in [-0.4, -0.2) is 53.1 Å². The number of ether oxygens (including phenoxy) is 1. The van der Waals surface area contributed by atoms with Crippen LogP contribution in [0.3, 0.4) is 0 Å². The maximum absolute atomic E-state index is 15.4. The monoisotopic (exact) mass is 616 g/mol. The van der Waals surface area contributed by atoms with E-state index in [0.29, 0.717) is 34.2 Å². The minimum absolute atomic E-state index is 0.117. The fraction of sp³-hybridized carbons (Fsp3) is 0.346. The molecule has 1 spiro atoms. The molecule has 0 aliphatic carbocycles. The summed E-state index contributed by atoms with van der Waals surface area (Å²) in [5.74, 6) is -2.95. The number of carbonyl (C=O) groups is 2. The first-order chi connectivity index (χ1) is 19.3. The number of amides is 2. The van der Waals surface area contributed by atoms with Crippen molar-refractivity contribution < 1.29 is 37.0 Å². The van der Waals surface area contributed by atoms with E-state index in [4.69, 9.17) is 27.9 Å². The Balaban J connectivity index is 1.52. The number of carbonyl (C=O) groups excluding carboxylic acids is 2. The van der Waals surface area contributed by atoms with E-state index in [1.165, 1.54) is 23.1 Å². The Bertz CT molecular complexity index is 1620. The number of hydrogen-bond donors (Lipinski definition) is 3. The summed E-state index contributed by atoms with van der Waals surface area (Å²) in [6.07, 6.45) is -4.06. The van der Waals surface area contributed by atoms with E-state index in [0.717, 1.165) is 6.07 Å². The zero-order valence-corrected chi connectivity index (χ0v) is 22.6. The molecule has 2 aliphatic heterocycles. The predicted octanol–water partition coefficient (Wildman–Crippen LogP) is 4.72. The molecule has 0 unspecified atom stereocenters. The molecule has 41 heavy (non-hydrogen) atoms. The average Bonchev–Trinajstić information content (AvgIpc) is 3.24. The van der Waals surface area contributed by atoms with Crippen LogP contribution >= 0.6 is 23.2 Å². The molecule has 5 rings (SSSR count). The fourth-order valence-electron chi connectivity index (χ4n) is 5.14. The number of pyridine rings is 1. The Labute approximate surface area is 239 Å². The molecule has 15 heteroatoms. The molecule has 2 aromatic carbocycles. The van der Waals surface area contributed by atoms with Gasteiger partial charge in [0, 0.05) is 35.9 Å². The number of phenolic OH excluding ortho intramolecular Hbond substituents is 1. The molecule has 0 atom stereocenters. The van der Waals surface area contributed by atoms with Crippen LogP contribution < -0.4 is 21.0 Å². The Morgan fingerprint density at radius 3 is 2.49 bits per heavy atom. The van der Waals surface area contributed by atoms with Crippen LogP contribution in [0.25, 0.3) is 10.9 Å². The van der Waals surface area contributed by atoms with Gasteiger partial charge in [0.2, 0.25) is 5.43 Å². The molecule has 3 heterocycles. The van der Waals surface area contributed by atoms with Gasteiger partial charge in [0.15, 0.2) is 11.6 Å². The van der Waals surface area contributed by atoms with E-state index in [-0.39, 0.29) is 37.0 Å². The number of halogens is 6. The normalized spacial score (nSPS) is 16.6. The number of nitrogens with one attached hydrogen (secondary N) is 2. The summed E-state index contributed by atoms with van der Waals surface area (Å²) in [6.45, 7) is -1.45. The number of alkyl carbamates (subject to hydrolysis) is 1. The highest BCUT2D eigenvalue weighted by Crippen LogP contribution is 2.40. The van der Waals surface area contributed by atoms with Crippen LogP contribution in [-0.2, 0) is 17.8 Å². The molecule has 2 amide bonds. The van der Waals surface area contributed by atoms with Crippen LogP contribution in [0.4, 0.5) is 28.0 Å². The van der Waals surface area contributed by atoms with Gasteiger partial charge in [0.1, 0.15) is 24.4 Å². The van der Waals surface area contributed by atoms with Gasteiger partial charge in [-0.2, -0.15) is 13.2 Å². The van der Waals surface area contributed by atoms with Crippen molar-refractivity contribution in [1.82, 2.24) is 15.2 Å². The number of piperidine rings is 1. The summed E-state index contributed by atoms with van der Waals surface area (Å²) in [4.78, 5) is 39.1. The third-order valence-corrected chi connectivity index (χ3v) is 7.78. The highest BCUT2D eigenvalue weighted by Gasteiger charge is 2.43. The molecule has 0 saturated carbocycles. The number of anilines is 1. The maximum atomic E-state index is 15.4. The van der Waals surface area contributed by atoms with Gasteiger partial charge in [0.05, 0.1) is 16.4 Å². The molecule has 9 nitrogen and oxygen atoms in total. The topological polar surface area (TPSA) is 113 Å². The molecule has 2 fully saturated rings. The quantitative estimate of drug-likeness (QED) is 0.358. The Kier molecular flexibility index (Phi) is 7.45. The number of hydrogen-bond acceptors (Lipinski definition) is 6. The third-order valence-electron chi connectivity index (χ3n) is 7.19. The van der Waals surface area contributed by atoms with Crippen molar-refractivity contribution in [3.8, 4) is 5.75 Å². The molecular weight excluding hydrogens is 595 g/mol. The van der Waals surface area contributed by atoms with Gasteiger partial charge in [-0.25, -0.2) is 9.18 Å². The summed E-state index contributed by atoms with van der Waals surface area (Å²) >= 11 is 12.0. The number of benzene rings is 2. The van der Waals surface area contributed by atoms with Crippen molar-refractivity contribution in [2.24, 2.45) is 0 Å². The van der Waals surface area contributed by atoms with Crippen molar-refractivity contribution >= 4 is 51.8 Å². The molecule has 218 valence electrons. The van der Waals surface area contributed by atoms with Gasteiger partial charge < -0.3 is 29.9 Å². The van der Waals surface area contributed by atoms with Crippen molar-refractivity contribution in [2.45, 2.75) is 37.6 Å². The van der Waals surface area contributed by atoms with Gasteiger partial charge in [-0.1, -0.05) is 29.3 Å². The molecular formula is C26H22Cl2F4N4O5. The second-order valence-electron chi connectivity index (χ2n) is 9.95. The molecule has 0 bridgehead atoms. The van der Waals surface area contributed by atoms with Gasteiger partial charge >= 0.3 is 12.3 Å². The number of alkyl halides is 3. The standard InChI is InChI=1S/C26H22Cl2F4N4O5/c27-14-2-1-13(17(28)7-14)9-33-23(39)16-10-36(11-26(30,31)32)19-15(21(16)37)8-18(29)20(22(19)38)35-5-3-25(4-6-35)12-41-24(40)34-25/h1-2,7-8,10,38H,3-6,9,11-12H2,(H,33,39)(H,34,40). The lowest BCUT2D eigenvalue weighted by molar-refractivity contribution is -0.140. The molecule has 3 aromatic rings. The number of rotatable bonds is 5. The average molecular weight is 617 g/mol. The van der Waals surface area contributed by atoms with Gasteiger partial charge in [0.25, 0.3) is 5.91 Å². The van der Waals surface area contributed by atoms with E-state index in [2.05, 4.69) is 10.6 Å². The summed E-state index contributed by atoms with van der Waals surface area (Å²) in [5, 5.41) is 16.2. The number of aromatic hydroxyl groups is 1. The Morgan fingerprint density at radius 2 is 1.88 bits per heavy atom. The predicted molar refractivity (Wildman–Crippen MR) is 142 cm³/mol. The summed E-state index contributed by atoms with van der Waals surface area (Å²) < 4.78 is 61.6. The van der Waals surface area contributed by atoms with E-state index in [1.807, 2.05) is 0 Å². The maximum Gasteiger partial charge on any atom is 0.407 e. The SMILES string of the molecule is O=C1NC2(CCN(c3c(F)cc4c(=O)c(C(=O)NCc5ccc(Cl)cc5Cl)cn(CC(F)(F)F)c4c3O)CC2)CO1. The van der Waals surface area contributed by atoms with Crippen LogP contribution in [0.1, 0.15) is 28.8 Å². The number of fused-ring (bicyclic) bond motifs is 1. The number of phenols is 1. The smallest absolute Gasteiger partial charge is 0.407 e. The lowest BCUT2D eigenvalue weighted by Gasteiger charge is -2.39. The Hall–Kier alpha value is -3.71. The minimum atomic E-state index is -4.81. The molecule has 3 N–H and O–H groups in total. The number of nitrogens with zero attached hydrogens (tertiary/aromatic N) is 2. The van der Waals surface area contributed by atoms with Crippen LogP contribution in [0, 0.1) is 5.82 Å². The lowest BCUT2D eigenvalue weighted by Crippen LogP contribution is -2.52.